The van der Waals surface area contributed by atoms with Crippen LogP contribution in [0.15, 0.2) is 29.2 Å². The van der Waals surface area contributed by atoms with Gasteiger partial charge in [0.15, 0.2) is 9.84 Å². The number of carboxylic acid groups (broad SMARTS) is 1. The van der Waals surface area contributed by atoms with Gasteiger partial charge in [-0.1, -0.05) is 12.1 Å². The summed E-state index contributed by atoms with van der Waals surface area (Å²) in [4.78, 5) is 11.2. The number of aliphatic carboxylic acids is 1. The predicted molar refractivity (Wildman–Crippen MR) is 71.1 cm³/mol. The molecule has 0 aliphatic heterocycles. The number of hydrogen-bond donors (Lipinski definition) is 2. The molecule has 1 unspecified atom stereocenters. The van der Waals surface area contributed by atoms with E-state index >= 15 is 0 Å². The molecule has 0 aliphatic carbocycles. The topological polar surface area (TPSA) is 92.7 Å². The van der Waals surface area contributed by atoms with Crippen LogP contribution in [0.4, 0.5) is 5.69 Å². The number of rotatable bonds is 7. The summed E-state index contributed by atoms with van der Waals surface area (Å²) in [6.07, 6.45) is 1.32. The summed E-state index contributed by atoms with van der Waals surface area (Å²) in [6.45, 7) is 0.269. The Balaban J connectivity index is 3.00. The average molecular weight is 287 g/mol. The van der Waals surface area contributed by atoms with Gasteiger partial charge in [-0.15, -0.1) is 0 Å². The molecule has 1 rings (SSSR count). The van der Waals surface area contributed by atoms with Crippen LogP contribution < -0.4 is 5.32 Å². The molecule has 1 atom stereocenters. The Hall–Kier alpha value is -1.60. The Morgan fingerprint density at radius 2 is 2.05 bits per heavy atom. The first-order chi connectivity index (χ1) is 8.86. The van der Waals surface area contributed by atoms with E-state index in [-0.39, 0.29) is 23.6 Å². The first kappa shape index (κ1) is 15.5. The van der Waals surface area contributed by atoms with Gasteiger partial charge in [0, 0.05) is 26.4 Å². The number of carboxylic acids is 1. The molecular formula is C12H17NO5S. The maximum absolute atomic E-state index is 11.6. The molecule has 6 nitrogen and oxygen atoms in total. The third-order valence-electron chi connectivity index (χ3n) is 2.53. The quantitative estimate of drug-likeness (QED) is 0.777. The van der Waals surface area contributed by atoms with E-state index in [2.05, 4.69) is 5.32 Å². The van der Waals surface area contributed by atoms with Gasteiger partial charge in [-0.3, -0.25) is 0 Å². The maximum atomic E-state index is 11.6. The van der Waals surface area contributed by atoms with Gasteiger partial charge < -0.3 is 15.2 Å². The van der Waals surface area contributed by atoms with Crippen molar-refractivity contribution in [2.45, 2.75) is 17.4 Å². The number of anilines is 1. The minimum absolute atomic E-state index is 0.0821. The first-order valence-corrected chi connectivity index (χ1v) is 7.52. The molecule has 0 aromatic heterocycles. The molecule has 19 heavy (non-hydrogen) atoms. The van der Waals surface area contributed by atoms with E-state index in [9.17, 15) is 13.2 Å². The fraction of sp³-hybridized carbons (Fsp3) is 0.417. The zero-order valence-corrected chi connectivity index (χ0v) is 11.6. The van der Waals surface area contributed by atoms with Crippen molar-refractivity contribution < 1.29 is 23.1 Å². The summed E-state index contributed by atoms with van der Waals surface area (Å²) in [7, 11) is -1.94. The van der Waals surface area contributed by atoms with Crippen LogP contribution in [-0.2, 0) is 19.4 Å². The summed E-state index contributed by atoms with van der Waals surface area (Å²) in [5.74, 6) is -1.06. The Labute approximate surface area is 112 Å². The van der Waals surface area contributed by atoms with E-state index in [1.165, 1.54) is 13.2 Å². The van der Waals surface area contributed by atoms with Crippen LogP contribution in [0.3, 0.4) is 0 Å². The van der Waals surface area contributed by atoms with E-state index < -0.39 is 21.8 Å². The Bertz CT molecular complexity index is 541. The highest BCUT2D eigenvalue weighted by atomic mass is 32.2. The van der Waals surface area contributed by atoms with E-state index in [0.717, 1.165) is 6.26 Å². The molecule has 1 aromatic rings. The predicted octanol–water partition coefficient (Wildman–Crippen LogP) is 0.992. The molecule has 0 heterocycles. The van der Waals surface area contributed by atoms with Gasteiger partial charge in [-0.2, -0.15) is 0 Å². The lowest BCUT2D eigenvalue weighted by molar-refractivity contribution is -0.138. The molecule has 0 fully saturated rings. The van der Waals surface area contributed by atoms with Crippen molar-refractivity contribution in [2.75, 3.05) is 25.3 Å². The van der Waals surface area contributed by atoms with Crippen molar-refractivity contribution in [1.82, 2.24) is 0 Å². The lowest BCUT2D eigenvalue weighted by Crippen LogP contribution is -2.31. The molecule has 1 aromatic carbocycles. The first-order valence-electron chi connectivity index (χ1n) is 5.63. The molecule has 0 spiro atoms. The van der Waals surface area contributed by atoms with Crippen molar-refractivity contribution in [3.8, 4) is 0 Å². The SMILES string of the molecule is COCCC(Nc1ccccc1S(C)(=O)=O)C(=O)O. The molecule has 0 radical (unpaired) electrons. The second-order valence-corrected chi connectivity index (χ2v) is 6.07. The molecule has 0 bridgehead atoms. The number of ether oxygens (including phenoxy) is 1. The minimum Gasteiger partial charge on any atom is -0.480 e. The monoisotopic (exact) mass is 287 g/mol. The van der Waals surface area contributed by atoms with Crippen LogP contribution in [-0.4, -0.2) is 45.5 Å². The van der Waals surface area contributed by atoms with Crippen molar-refractivity contribution in [3.63, 3.8) is 0 Å². The van der Waals surface area contributed by atoms with Gasteiger partial charge in [0.1, 0.15) is 6.04 Å². The molecule has 0 saturated heterocycles. The number of sulfone groups is 1. The van der Waals surface area contributed by atoms with Crippen LogP contribution in [0.25, 0.3) is 0 Å². The number of nitrogens with one attached hydrogen (secondary N) is 1. The average Bonchev–Trinajstić information content (AvgIpc) is 2.33. The highest BCUT2D eigenvalue weighted by molar-refractivity contribution is 7.90. The Morgan fingerprint density at radius 3 is 2.58 bits per heavy atom. The molecule has 0 saturated carbocycles. The highest BCUT2D eigenvalue weighted by Crippen LogP contribution is 2.21. The molecular weight excluding hydrogens is 270 g/mol. The number of benzene rings is 1. The summed E-state index contributed by atoms with van der Waals surface area (Å²) >= 11 is 0. The van der Waals surface area contributed by atoms with Crippen molar-refractivity contribution >= 4 is 21.5 Å². The van der Waals surface area contributed by atoms with Crippen molar-refractivity contribution in [2.24, 2.45) is 0 Å². The highest BCUT2D eigenvalue weighted by Gasteiger charge is 2.20. The number of hydrogen-bond acceptors (Lipinski definition) is 5. The van der Waals surface area contributed by atoms with Gasteiger partial charge in [0.05, 0.1) is 10.6 Å². The molecule has 0 amide bonds. The van der Waals surface area contributed by atoms with Crippen LogP contribution in [0, 0.1) is 0 Å². The second kappa shape index (κ2) is 6.53. The zero-order valence-electron chi connectivity index (χ0n) is 10.8. The number of para-hydroxylation sites is 1. The largest absolute Gasteiger partial charge is 0.480 e. The van der Waals surface area contributed by atoms with Crippen LogP contribution >= 0.6 is 0 Å². The van der Waals surface area contributed by atoms with Gasteiger partial charge in [0.2, 0.25) is 0 Å². The van der Waals surface area contributed by atoms with Crippen LogP contribution in [0.5, 0.6) is 0 Å². The number of carbonyl (C=O) groups is 1. The normalized spacial score (nSPS) is 12.9. The fourth-order valence-corrected chi connectivity index (χ4v) is 2.44. The summed E-state index contributed by atoms with van der Waals surface area (Å²) in [6, 6.07) is 5.31. The van der Waals surface area contributed by atoms with Gasteiger partial charge >= 0.3 is 5.97 Å². The van der Waals surface area contributed by atoms with Gasteiger partial charge in [-0.25, -0.2) is 13.2 Å². The summed E-state index contributed by atoms with van der Waals surface area (Å²) in [5, 5.41) is 11.8. The lowest BCUT2D eigenvalue weighted by Gasteiger charge is -2.17. The van der Waals surface area contributed by atoms with Crippen molar-refractivity contribution in [3.05, 3.63) is 24.3 Å². The van der Waals surface area contributed by atoms with Crippen LogP contribution in [0.1, 0.15) is 6.42 Å². The van der Waals surface area contributed by atoms with Crippen molar-refractivity contribution in [1.29, 1.82) is 0 Å². The summed E-state index contributed by atoms with van der Waals surface area (Å²) < 4.78 is 28.1. The van der Waals surface area contributed by atoms with Gasteiger partial charge in [0.25, 0.3) is 0 Å². The lowest BCUT2D eigenvalue weighted by atomic mass is 10.2. The number of methoxy groups -OCH3 is 1. The third-order valence-corrected chi connectivity index (χ3v) is 3.68. The standard InChI is InChI=1S/C12H17NO5S/c1-18-8-7-10(12(14)15)13-9-5-3-4-6-11(9)19(2,16)17/h3-6,10,13H,7-8H2,1-2H3,(H,14,15). The Morgan fingerprint density at radius 1 is 1.42 bits per heavy atom. The van der Waals surface area contributed by atoms with Crippen LogP contribution in [0.2, 0.25) is 0 Å². The molecule has 106 valence electrons. The van der Waals surface area contributed by atoms with Gasteiger partial charge in [-0.05, 0) is 12.1 Å². The maximum Gasteiger partial charge on any atom is 0.326 e. The third kappa shape index (κ3) is 4.53. The minimum atomic E-state index is -3.41. The fourth-order valence-electron chi connectivity index (χ4n) is 1.59. The second-order valence-electron chi connectivity index (χ2n) is 4.08. The molecule has 7 heteroatoms. The van der Waals surface area contributed by atoms with E-state index in [1.54, 1.807) is 18.2 Å². The van der Waals surface area contributed by atoms with E-state index in [0.29, 0.717) is 0 Å². The summed E-state index contributed by atoms with van der Waals surface area (Å²) in [5.41, 5.74) is 0.286. The molecule has 0 aliphatic rings. The zero-order chi connectivity index (χ0) is 14.5. The smallest absolute Gasteiger partial charge is 0.326 e. The van der Waals surface area contributed by atoms with E-state index in [4.69, 9.17) is 9.84 Å². The van der Waals surface area contributed by atoms with E-state index in [1.807, 2.05) is 0 Å². The Kier molecular flexibility index (Phi) is 5.31. The molecule has 2 N–H and O–H groups in total.